The SMILES string of the molecule is CCN(C(=O)C(C)Sc1nc2ccccc2c(=O)n1C1CC1)C1CCCCC1. The molecule has 2 aliphatic carbocycles. The molecule has 0 spiro atoms. The van der Waals surface area contributed by atoms with Crippen LogP contribution in [0.4, 0.5) is 0 Å². The summed E-state index contributed by atoms with van der Waals surface area (Å²) in [4.78, 5) is 33.1. The van der Waals surface area contributed by atoms with Crippen LogP contribution in [-0.2, 0) is 4.79 Å². The third kappa shape index (κ3) is 3.84. The van der Waals surface area contributed by atoms with E-state index in [0.717, 1.165) is 32.2 Å². The van der Waals surface area contributed by atoms with Gasteiger partial charge in [0.15, 0.2) is 5.16 Å². The van der Waals surface area contributed by atoms with Gasteiger partial charge in [-0.3, -0.25) is 14.2 Å². The normalized spacial score (nSPS) is 18.9. The Morgan fingerprint density at radius 1 is 1.21 bits per heavy atom. The lowest BCUT2D eigenvalue weighted by Crippen LogP contribution is -2.44. The van der Waals surface area contributed by atoms with Gasteiger partial charge >= 0.3 is 0 Å². The Morgan fingerprint density at radius 3 is 2.61 bits per heavy atom. The Morgan fingerprint density at radius 2 is 1.93 bits per heavy atom. The van der Waals surface area contributed by atoms with Crippen LogP contribution in [0.25, 0.3) is 10.9 Å². The second kappa shape index (κ2) is 8.27. The van der Waals surface area contributed by atoms with Gasteiger partial charge < -0.3 is 4.90 Å². The molecule has 1 heterocycles. The number of nitrogens with zero attached hydrogens (tertiary/aromatic N) is 3. The zero-order valence-electron chi connectivity index (χ0n) is 16.8. The molecule has 2 fully saturated rings. The Balaban J connectivity index is 1.60. The van der Waals surface area contributed by atoms with Gasteiger partial charge in [-0.25, -0.2) is 4.98 Å². The van der Waals surface area contributed by atoms with Crippen LogP contribution in [0.15, 0.2) is 34.2 Å². The summed E-state index contributed by atoms with van der Waals surface area (Å²) >= 11 is 1.44. The van der Waals surface area contributed by atoms with Crippen molar-refractivity contribution in [2.24, 2.45) is 0 Å². The molecule has 2 aliphatic rings. The minimum Gasteiger partial charge on any atom is -0.339 e. The maximum atomic E-state index is 13.2. The molecule has 1 unspecified atom stereocenters. The maximum absolute atomic E-state index is 13.2. The van der Waals surface area contributed by atoms with Gasteiger partial charge in [0.25, 0.3) is 5.56 Å². The molecular weight excluding hydrogens is 370 g/mol. The molecule has 1 aromatic carbocycles. The molecule has 4 rings (SSSR count). The molecule has 0 bridgehead atoms. The molecule has 0 aliphatic heterocycles. The predicted octanol–water partition coefficient (Wildman–Crippen LogP) is 4.39. The average Bonchev–Trinajstić information content (AvgIpc) is 3.54. The van der Waals surface area contributed by atoms with Crippen molar-refractivity contribution in [1.82, 2.24) is 14.5 Å². The number of amides is 1. The van der Waals surface area contributed by atoms with E-state index in [1.165, 1.54) is 31.0 Å². The molecule has 1 atom stereocenters. The van der Waals surface area contributed by atoms with Crippen molar-refractivity contribution < 1.29 is 4.79 Å². The zero-order valence-corrected chi connectivity index (χ0v) is 17.6. The van der Waals surface area contributed by atoms with E-state index >= 15 is 0 Å². The summed E-state index contributed by atoms with van der Waals surface area (Å²) in [6.45, 7) is 4.77. The Labute approximate surface area is 170 Å². The molecule has 5 nitrogen and oxygen atoms in total. The lowest BCUT2D eigenvalue weighted by atomic mass is 9.94. The van der Waals surface area contributed by atoms with E-state index in [2.05, 4.69) is 11.8 Å². The van der Waals surface area contributed by atoms with E-state index < -0.39 is 0 Å². The van der Waals surface area contributed by atoms with Gasteiger partial charge in [-0.15, -0.1) is 0 Å². The monoisotopic (exact) mass is 399 g/mol. The number of thioether (sulfide) groups is 1. The third-order valence-electron chi connectivity index (χ3n) is 5.96. The summed E-state index contributed by atoms with van der Waals surface area (Å²) < 4.78 is 1.83. The van der Waals surface area contributed by atoms with Crippen molar-refractivity contribution in [3.05, 3.63) is 34.6 Å². The van der Waals surface area contributed by atoms with Crippen molar-refractivity contribution in [2.75, 3.05) is 6.54 Å². The summed E-state index contributed by atoms with van der Waals surface area (Å²) in [5, 5.41) is 1.10. The summed E-state index contributed by atoms with van der Waals surface area (Å²) in [5.74, 6) is 0.171. The lowest BCUT2D eigenvalue weighted by Gasteiger charge is -2.35. The number of hydrogen-bond acceptors (Lipinski definition) is 4. The van der Waals surface area contributed by atoms with Crippen molar-refractivity contribution in [3.63, 3.8) is 0 Å². The van der Waals surface area contributed by atoms with E-state index in [9.17, 15) is 9.59 Å². The average molecular weight is 400 g/mol. The Hall–Kier alpha value is -1.82. The van der Waals surface area contributed by atoms with Gasteiger partial charge in [-0.05, 0) is 51.7 Å². The molecule has 2 saturated carbocycles. The van der Waals surface area contributed by atoms with Crippen LogP contribution in [0.5, 0.6) is 0 Å². The highest BCUT2D eigenvalue weighted by atomic mass is 32.2. The zero-order chi connectivity index (χ0) is 19.7. The first-order chi connectivity index (χ1) is 13.6. The second-order valence-corrected chi connectivity index (χ2v) is 9.30. The second-order valence-electron chi connectivity index (χ2n) is 7.99. The Bertz CT molecular complexity index is 916. The largest absolute Gasteiger partial charge is 0.339 e. The highest BCUT2D eigenvalue weighted by molar-refractivity contribution is 8.00. The molecule has 1 amide bonds. The van der Waals surface area contributed by atoms with E-state index in [1.54, 1.807) is 0 Å². The van der Waals surface area contributed by atoms with Crippen LogP contribution in [0.2, 0.25) is 0 Å². The molecule has 2 aromatic rings. The lowest BCUT2D eigenvalue weighted by molar-refractivity contribution is -0.133. The fourth-order valence-corrected chi connectivity index (χ4v) is 5.34. The van der Waals surface area contributed by atoms with Gasteiger partial charge in [0.05, 0.1) is 16.2 Å². The number of fused-ring (bicyclic) bond motifs is 1. The number of para-hydroxylation sites is 1. The molecule has 1 aromatic heterocycles. The van der Waals surface area contributed by atoms with Crippen LogP contribution in [0, 0.1) is 0 Å². The summed E-state index contributed by atoms with van der Waals surface area (Å²) in [5.41, 5.74) is 0.737. The highest BCUT2D eigenvalue weighted by Gasteiger charge is 2.32. The number of carbonyl (C=O) groups excluding carboxylic acids is 1. The molecule has 0 saturated heterocycles. The van der Waals surface area contributed by atoms with Crippen LogP contribution in [-0.4, -0.2) is 38.2 Å². The fraction of sp³-hybridized carbons (Fsp3) is 0.591. The number of hydrogen-bond donors (Lipinski definition) is 0. The van der Waals surface area contributed by atoms with Gasteiger partial charge in [0.2, 0.25) is 5.91 Å². The standard InChI is InChI=1S/C22H29N3O2S/c1-3-24(16-9-5-4-6-10-16)20(26)15(2)28-22-23-19-12-8-7-11-18(19)21(27)25(22)17-13-14-17/h7-8,11-12,15-17H,3-6,9-10,13-14H2,1-2H3. The first kappa shape index (κ1) is 19.5. The first-order valence-electron chi connectivity index (χ1n) is 10.6. The molecular formula is C22H29N3O2S. The van der Waals surface area contributed by atoms with E-state index in [0.29, 0.717) is 22.1 Å². The third-order valence-corrected chi connectivity index (χ3v) is 7.01. The number of aromatic nitrogens is 2. The predicted molar refractivity (Wildman–Crippen MR) is 114 cm³/mol. The van der Waals surface area contributed by atoms with Crippen LogP contribution >= 0.6 is 11.8 Å². The van der Waals surface area contributed by atoms with Crippen molar-refractivity contribution >= 4 is 28.6 Å². The summed E-state index contributed by atoms with van der Waals surface area (Å²) in [6, 6.07) is 8.10. The summed E-state index contributed by atoms with van der Waals surface area (Å²) in [6.07, 6.45) is 7.95. The molecule has 6 heteroatoms. The molecule has 150 valence electrons. The van der Waals surface area contributed by atoms with Crippen molar-refractivity contribution in [2.45, 2.75) is 81.3 Å². The van der Waals surface area contributed by atoms with Crippen LogP contribution < -0.4 is 5.56 Å². The quantitative estimate of drug-likeness (QED) is 0.534. The van der Waals surface area contributed by atoms with E-state index in [1.807, 2.05) is 35.8 Å². The van der Waals surface area contributed by atoms with Gasteiger partial charge in [0, 0.05) is 18.6 Å². The minimum atomic E-state index is -0.250. The van der Waals surface area contributed by atoms with Crippen molar-refractivity contribution in [3.8, 4) is 0 Å². The number of rotatable bonds is 6. The van der Waals surface area contributed by atoms with Crippen molar-refractivity contribution in [1.29, 1.82) is 0 Å². The van der Waals surface area contributed by atoms with E-state index in [4.69, 9.17) is 4.98 Å². The molecule has 28 heavy (non-hydrogen) atoms. The topological polar surface area (TPSA) is 55.2 Å². The minimum absolute atomic E-state index is 0.0230. The first-order valence-corrected chi connectivity index (χ1v) is 11.5. The van der Waals surface area contributed by atoms with Gasteiger partial charge in [0.1, 0.15) is 0 Å². The fourth-order valence-electron chi connectivity index (χ4n) is 4.29. The van der Waals surface area contributed by atoms with Crippen LogP contribution in [0.3, 0.4) is 0 Å². The summed E-state index contributed by atoms with van der Waals surface area (Å²) in [7, 11) is 0. The molecule has 0 N–H and O–H groups in total. The number of carbonyl (C=O) groups is 1. The van der Waals surface area contributed by atoms with Crippen LogP contribution in [0.1, 0.15) is 64.8 Å². The van der Waals surface area contributed by atoms with E-state index in [-0.39, 0.29) is 22.8 Å². The number of benzene rings is 1. The molecule has 0 radical (unpaired) electrons. The smallest absolute Gasteiger partial charge is 0.262 e. The highest BCUT2D eigenvalue weighted by Crippen LogP contribution is 2.38. The van der Waals surface area contributed by atoms with Gasteiger partial charge in [-0.2, -0.15) is 0 Å². The maximum Gasteiger partial charge on any atom is 0.262 e. The Kier molecular flexibility index (Phi) is 5.76. The van der Waals surface area contributed by atoms with Gasteiger partial charge in [-0.1, -0.05) is 43.2 Å².